The number of fused-ring (bicyclic) bond motifs is 1. The Balaban J connectivity index is 2.31. The SMILES string of the molecule is CC(C)C1=CC2=CCSC2=[C]1. The van der Waals surface area contributed by atoms with Crippen LogP contribution in [0.5, 0.6) is 0 Å². The highest BCUT2D eigenvalue weighted by Gasteiger charge is 2.18. The number of allylic oxidation sites excluding steroid dienone is 4. The van der Waals surface area contributed by atoms with Crippen LogP contribution in [-0.2, 0) is 0 Å². The zero-order valence-corrected chi connectivity index (χ0v) is 7.66. The predicted molar refractivity (Wildman–Crippen MR) is 50.2 cm³/mol. The molecule has 1 aliphatic heterocycles. The third-order valence-corrected chi connectivity index (χ3v) is 2.94. The molecule has 0 spiro atoms. The van der Waals surface area contributed by atoms with E-state index in [1.807, 2.05) is 11.8 Å². The van der Waals surface area contributed by atoms with Crippen molar-refractivity contribution in [3.8, 4) is 0 Å². The Morgan fingerprint density at radius 2 is 2.36 bits per heavy atom. The first kappa shape index (κ1) is 7.23. The fourth-order valence-electron chi connectivity index (χ4n) is 1.27. The van der Waals surface area contributed by atoms with Crippen LogP contribution in [0.1, 0.15) is 13.8 Å². The Bertz CT molecular complexity index is 267. The molecule has 0 aromatic rings. The summed E-state index contributed by atoms with van der Waals surface area (Å²) in [6, 6.07) is 0. The van der Waals surface area contributed by atoms with E-state index in [4.69, 9.17) is 0 Å². The summed E-state index contributed by atoms with van der Waals surface area (Å²) in [7, 11) is 0. The summed E-state index contributed by atoms with van der Waals surface area (Å²) in [5.41, 5.74) is 2.76. The van der Waals surface area contributed by atoms with Crippen LogP contribution in [-0.4, -0.2) is 5.75 Å². The molecule has 0 saturated heterocycles. The first-order chi connectivity index (χ1) is 5.27. The van der Waals surface area contributed by atoms with Gasteiger partial charge in [-0.3, -0.25) is 0 Å². The molecule has 11 heavy (non-hydrogen) atoms. The Kier molecular flexibility index (Phi) is 1.68. The van der Waals surface area contributed by atoms with Crippen LogP contribution in [0, 0.1) is 12.0 Å². The van der Waals surface area contributed by atoms with E-state index in [-0.39, 0.29) is 0 Å². The zero-order chi connectivity index (χ0) is 7.84. The van der Waals surface area contributed by atoms with Crippen molar-refractivity contribution >= 4 is 11.8 Å². The van der Waals surface area contributed by atoms with Crippen LogP contribution in [0.4, 0.5) is 0 Å². The average Bonchev–Trinajstić information content (AvgIpc) is 2.40. The third kappa shape index (κ3) is 1.18. The molecule has 1 heteroatoms. The second-order valence-corrected chi connectivity index (χ2v) is 4.21. The fraction of sp³-hybridized carbons (Fsp3) is 0.400. The van der Waals surface area contributed by atoms with Gasteiger partial charge in [-0.15, -0.1) is 11.8 Å². The van der Waals surface area contributed by atoms with Crippen molar-refractivity contribution in [1.82, 2.24) is 0 Å². The minimum Gasteiger partial charge on any atom is -0.121 e. The summed E-state index contributed by atoms with van der Waals surface area (Å²) in [6.45, 7) is 4.43. The Labute approximate surface area is 72.1 Å². The van der Waals surface area contributed by atoms with Crippen LogP contribution in [0.25, 0.3) is 0 Å². The lowest BCUT2D eigenvalue weighted by atomic mass is 10.1. The molecule has 1 aliphatic carbocycles. The van der Waals surface area contributed by atoms with Gasteiger partial charge in [0.15, 0.2) is 0 Å². The van der Waals surface area contributed by atoms with Crippen LogP contribution < -0.4 is 0 Å². The molecule has 0 amide bonds. The van der Waals surface area contributed by atoms with Crippen molar-refractivity contribution in [2.75, 3.05) is 5.75 Å². The standard InChI is InChI=1S/C10H11S/c1-7(2)9-5-8-3-4-11-10(8)6-9/h3,5,7H,4H2,1-2H3. The van der Waals surface area contributed by atoms with Gasteiger partial charge in [-0.05, 0) is 23.1 Å². The van der Waals surface area contributed by atoms with Crippen LogP contribution in [0.2, 0.25) is 0 Å². The number of rotatable bonds is 1. The summed E-state index contributed by atoms with van der Waals surface area (Å²) in [6.07, 6.45) is 7.97. The smallest absolute Gasteiger partial charge is 0.0227 e. The normalized spacial score (nSPS) is 21.5. The van der Waals surface area contributed by atoms with Crippen LogP contribution in [0.3, 0.4) is 0 Å². The van der Waals surface area contributed by atoms with Crippen molar-refractivity contribution in [3.63, 3.8) is 0 Å². The summed E-state index contributed by atoms with van der Waals surface area (Å²) in [5.74, 6) is 1.76. The zero-order valence-electron chi connectivity index (χ0n) is 6.85. The van der Waals surface area contributed by atoms with E-state index >= 15 is 0 Å². The molecule has 2 aliphatic rings. The lowest BCUT2D eigenvalue weighted by Crippen LogP contribution is -1.87. The van der Waals surface area contributed by atoms with Gasteiger partial charge in [-0.25, -0.2) is 0 Å². The van der Waals surface area contributed by atoms with Crippen molar-refractivity contribution in [3.05, 3.63) is 34.3 Å². The summed E-state index contributed by atoms with van der Waals surface area (Å²) < 4.78 is 0. The molecular formula is C10H11S. The van der Waals surface area contributed by atoms with Gasteiger partial charge in [0.1, 0.15) is 0 Å². The van der Waals surface area contributed by atoms with Gasteiger partial charge in [-0.2, -0.15) is 0 Å². The van der Waals surface area contributed by atoms with E-state index in [2.05, 4.69) is 32.1 Å². The highest BCUT2D eigenvalue weighted by atomic mass is 32.2. The van der Waals surface area contributed by atoms with Gasteiger partial charge < -0.3 is 0 Å². The maximum atomic E-state index is 3.42. The molecule has 0 nitrogen and oxygen atoms in total. The lowest BCUT2D eigenvalue weighted by molar-refractivity contribution is 0.789. The third-order valence-electron chi connectivity index (χ3n) is 1.98. The maximum Gasteiger partial charge on any atom is 0.0227 e. The highest BCUT2D eigenvalue weighted by molar-refractivity contribution is 8.03. The molecule has 0 aromatic carbocycles. The molecule has 2 rings (SSSR count). The van der Waals surface area contributed by atoms with Gasteiger partial charge >= 0.3 is 0 Å². The first-order valence-corrected chi connectivity index (χ1v) is 4.95. The van der Waals surface area contributed by atoms with Gasteiger partial charge in [0.05, 0.1) is 0 Å². The largest absolute Gasteiger partial charge is 0.121 e. The molecule has 0 bridgehead atoms. The second kappa shape index (κ2) is 2.56. The summed E-state index contributed by atoms with van der Waals surface area (Å²) >= 11 is 1.89. The minimum atomic E-state index is 0.620. The monoisotopic (exact) mass is 163 g/mol. The average molecular weight is 163 g/mol. The van der Waals surface area contributed by atoms with Crippen molar-refractivity contribution in [2.45, 2.75) is 13.8 Å². The van der Waals surface area contributed by atoms with Gasteiger partial charge in [0.2, 0.25) is 0 Å². The lowest BCUT2D eigenvalue weighted by Gasteiger charge is -2.00. The summed E-state index contributed by atoms with van der Waals surface area (Å²) in [4.78, 5) is 1.36. The van der Waals surface area contributed by atoms with Crippen molar-refractivity contribution < 1.29 is 0 Å². The molecule has 0 unspecified atom stereocenters. The number of hydrogen-bond donors (Lipinski definition) is 0. The van der Waals surface area contributed by atoms with E-state index in [1.54, 1.807) is 0 Å². The van der Waals surface area contributed by atoms with Crippen molar-refractivity contribution in [1.29, 1.82) is 0 Å². The second-order valence-electron chi connectivity index (χ2n) is 3.18. The Morgan fingerprint density at radius 3 is 3.00 bits per heavy atom. The number of hydrogen-bond acceptors (Lipinski definition) is 1. The molecular weight excluding hydrogens is 152 g/mol. The fourth-order valence-corrected chi connectivity index (χ4v) is 2.20. The summed E-state index contributed by atoms with van der Waals surface area (Å²) in [5, 5.41) is 0. The molecule has 0 saturated carbocycles. The topological polar surface area (TPSA) is 0 Å². The Morgan fingerprint density at radius 1 is 1.55 bits per heavy atom. The predicted octanol–water partition coefficient (Wildman–Crippen LogP) is 2.94. The maximum absolute atomic E-state index is 3.42. The van der Waals surface area contributed by atoms with Crippen LogP contribution >= 0.6 is 11.8 Å². The Hall–Kier alpha value is -0.430. The van der Waals surface area contributed by atoms with E-state index in [1.165, 1.54) is 16.1 Å². The first-order valence-electron chi connectivity index (χ1n) is 3.96. The molecule has 1 heterocycles. The van der Waals surface area contributed by atoms with Crippen LogP contribution in [0.15, 0.2) is 28.2 Å². The molecule has 0 fully saturated rings. The van der Waals surface area contributed by atoms with Gasteiger partial charge in [0.25, 0.3) is 0 Å². The quantitative estimate of drug-likeness (QED) is 0.572. The van der Waals surface area contributed by atoms with Crippen molar-refractivity contribution in [2.24, 2.45) is 5.92 Å². The van der Waals surface area contributed by atoms with Gasteiger partial charge in [-0.1, -0.05) is 19.9 Å². The van der Waals surface area contributed by atoms with E-state index in [9.17, 15) is 0 Å². The van der Waals surface area contributed by atoms with E-state index < -0.39 is 0 Å². The minimum absolute atomic E-state index is 0.620. The molecule has 0 N–H and O–H groups in total. The molecule has 1 radical (unpaired) electrons. The molecule has 0 atom stereocenters. The molecule has 57 valence electrons. The number of thioether (sulfide) groups is 1. The van der Waals surface area contributed by atoms with E-state index in [0.717, 1.165) is 5.75 Å². The highest BCUT2D eigenvalue weighted by Crippen LogP contribution is 2.38. The molecule has 0 aromatic heterocycles. The van der Waals surface area contributed by atoms with Gasteiger partial charge in [0, 0.05) is 16.7 Å². The van der Waals surface area contributed by atoms with E-state index in [0.29, 0.717) is 5.92 Å².